The summed E-state index contributed by atoms with van der Waals surface area (Å²) in [5.41, 5.74) is 4.84. The second-order valence-electron chi connectivity index (χ2n) is 10.4. The Hall–Kier alpha value is -2.86. The lowest BCUT2D eigenvalue weighted by Gasteiger charge is -2.32. The first-order valence-electron chi connectivity index (χ1n) is 14.6. The number of rotatable bonds is 17. The van der Waals surface area contributed by atoms with Gasteiger partial charge in [0.1, 0.15) is 0 Å². The molecule has 0 bridgehead atoms. The van der Waals surface area contributed by atoms with E-state index in [4.69, 9.17) is 4.74 Å². The molecule has 38 heavy (non-hydrogen) atoms. The van der Waals surface area contributed by atoms with Gasteiger partial charge in [0.15, 0.2) is 0 Å². The van der Waals surface area contributed by atoms with Crippen LogP contribution in [0.2, 0.25) is 0 Å². The normalized spacial score (nSPS) is 12.7. The predicted octanol–water partition coefficient (Wildman–Crippen LogP) is 6.88. The predicted molar refractivity (Wildman–Crippen MR) is 157 cm³/mol. The molecule has 0 aliphatic carbocycles. The SMILES string of the molecule is CCCCCCCCCCCC(=O)Nc1ccc(N2CCc3ccccc3C2)c(C(=O)NCCCOC)c1. The first-order valence-corrected chi connectivity index (χ1v) is 14.6. The third-order valence-electron chi connectivity index (χ3n) is 7.31. The Labute approximate surface area is 229 Å². The lowest BCUT2D eigenvalue weighted by molar-refractivity contribution is -0.116. The van der Waals surface area contributed by atoms with Gasteiger partial charge in [0, 0.05) is 51.1 Å². The first kappa shape index (κ1) is 29.7. The van der Waals surface area contributed by atoms with E-state index in [0.29, 0.717) is 30.8 Å². The Bertz CT molecular complexity index is 1010. The molecule has 0 radical (unpaired) electrons. The second kappa shape index (κ2) is 16.9. The molecule has 1 aliphatic heterocycles. The van der Waals surface area contributed by atoms with E-state index in [1.165, 1.54) is 56.1 Å². The summed E-state index contributed by atoms with van der Waals surface area (Å²) < 4.78 is 5.11. The number of carbonyl (C=O) groups is 2. The number of nitrogens with one attached hydrogen (secondary N) is 2. The number of fused-ring (bicyclic) bond motifs is 1. The monoisotopic (exact) mass is 521 g/mol. The Balaban J connectivity index is 1.57. The molecule has 1 aliphatic rings. The topological polar surface area (TPSA) is 70.7 Å². The van der Waals surface area contributed by atoms with E-state index in [1.54, 1.807) is 7.11 Å². The molecule has 1 heterocycles. The number of methoxy groups -OCH3 is 1. The van der Waals surface area contributed by atoms with E-state index in [9.17, 15) is 9.59 Å². The molecule has 6 nitrogen and oxygen atoms in total. The molecule has 2 aromatic rings. The highest BCUT2D eigenvalue weighted by Crippen LogP contribution is 2.30. The van der Waals surface area contributed by atoms with Crippen molar-refractivity contribution in [2.75, 3.05) is 37.0 Å². The number of unbranched alkanes of at least 4 members (excludes halogenated alkanes) is 8. The average molecular weight is 522 g/mol. The van der Waals surface area contributed by atoms with Crippen molar-refractivity contribution in [1.29, 1.82) is 0 Å². The summed E-state index contributed by atoms with van der Waals surface area (Å²) in [6.45, 7) is 5.01. The van der Waals surface area contributed by atoms with Crippen molar-refractivity contribution < 1.29 is 14.3 Å². The molecule has 3 rings (SSSR count). The van der Waals surface area contributed by atoms with E-state index < -0.39 is 0 Å². The summed E-state index contributed by atoms with van der Waals surface area (Å²) >= 11 is 0. The van der Waals surface area contributed by atoms with Crippen LogP contribution in [0.5, 0.6) is 0 Å². The van der Waals surface area contributed by atoms with E-state index >= 15 is 0 Å². The van der Waals surface area contributed by atoms with Gasteiger partial charge < -0.3 is 20.3 Å². The second-order valence-corrected chi connectivity index (χ2v) is 10.4. The number of amides is 2. The minimum Gasteiger partial charge on any atom is -0.385 e. The third kappa shape index (κ3) is 9.79. The Kier molecular flexibility index (Phi) is 13.2. The summed E-state index contributed by atoms with van der Waals surface area (Å²) in [6.07, 6.45) is 13.3. The number of hydrogen-bond donors (Lipinski definition) is 2. The van der Waals surface area contributed by atoms with Gasteiger partial charge in [-0.3, -0.25) is 9.59 Å². The molecule has 0 spiro atoms. The van der Waals surface area contributed by atoms with Crippen molar-refractivity contribution in [2.24, 2.45) is 0 Å². The first-order chi connectivity index (χ1) is 18.6. The molecule has 2 N–H and O–H groups in total. The summed E-state index contributed by atoms with van der Waals surface area (Å²) in [4.78, 5) is 28.1. The molecule has 2 aromatic carbocycles. The van der Waals surface area contributed by atoms with Crippen molar-refractivity contribution in [3.63, 3.8) is 0 Å². The molecular formula is C32H47N3O3. The van der Waals surface area contributed by atoms with Gasteiger partial charge in [-0.2, -0.15) is 0 Å². The number of hydrogen-bond acceptors (Lipinski definition) is 4. The van der Waals surface area contributed by atoms with Gasteiger partial charge in [-0.05, 0) is 48.6 Å². The minimum absolute atomic E-state index is 0.0130. The molecule has 2 amide bonds. The fourth-order valence-electron chi connectivity index (χ4n) is 5.11. The Morgan fingerprint density at radius 3 is 2.34 bits per heavy atom. The van der Waals surface area contributed by atoms with Crippen LogP contribution in [0.3, 0.4) is 0 Å². The van der Waals surface area contributed by atoms with E-state index in [2.05, 4.69) is 46.7 Å². The van der Waals surface area contributed by atoms with Crippen molar-refractivity contribution in [3.05, 3.63) is 59.2 Å². The minimum atomic E-state index is -0.120. The maximum Gasteiger partial charge on any atom is 0.253 e. The van der Waals surface area contributed by atoms with Gasteiger partial charge in [-0.1, -0.05) is 82.6 Å². The van der Waals surface area contributed by atoms with Crippen molar-refractivity contribution in [1.82, 2.24) is 5.32 Å². The zero-order valence-electron chi connectivity index (χ0n) is 23.5. The van der Waals surface area contributed by atoms with E-state index in [0.717, 1.165) is 44.5 Å². The van der Waals surface area contributed by atoms with Crippen molar-refractivity contribution in [2.45, 2.75) is 90.5 Å². The summed E-state index contributed by atoms with van der Waals surface area (Å²) in [5, 5.41) is 6.05. The fraction of sp³-hybridized carbons (Fsp3) is 0.562. The number of benzene rings is 2. The summed E-state index contributed by atoms with van der Waals surface area (Å²) in [7, 11) is 1.66. The Morgan fingerprint density at radius 2 is 1.61 bits per heavy atom. The van der Waals surface area contributed by atoms with Crippen LogP contribution in [-0.2, 0) is 22.5 Å². The van der Waals surface area contributed by atoms with Crippen LogP contribution in [0.25, 0.3) is 0 Å². The largest absolute Gasteiger partial charge is 0.385 e. The van der Waals surface area contributed by atoms with Crippen LogP contribution in [0, 0.1) is 0 Å². The van der Waals surface area contributed by atoms with Gasteiger partial charge in [0.2, 0.25) is 5.91 Å². The fourth-order valence-corrected chi connectivity index (χ4v) is 5.11. The number of ether oxygens (including phenoxy) is 1. The van der Waals surface area contributed by atoms with Crippen LogP contribution < -0.4 is 15.5 Å². The zero-order valence-corrected chi connectivity index (χ0v) is 23.5. The standard InChI is InChI=1S/C32H47N3O3/c1-3-4-5-6-7-8-9-10-11-17-31(36)34-28-18-19-30(29(24-28)32(37)33-21-14-23-38-2)35-22-20-26-15-12-13-16-27(26)25-35/h12-13,15-16,18-19,24H,3-11,14,17,20-23,25H2,1-2H3,(H,33,37)(H,34,36). The average Bonchev–Trinajstić information content (AvgIpc) is 2.94. The van der Waals surface area contributed by atoms with Gasteiger partial charge >= 0.3 is 0 Å². The van der Waals surface area contributed by atoms with Crippen molar-refractivity contribution in [3.8, 4) is 0 Å². The van der Waals surface area contributed by atoms with E-state index in [1.807, 2.05) is 18.2 Å². The smallest absolute Gasteiger partial charge is 0.253 e. The Morgan fingerprint density at radius 1 is 0.895 bits per heavy atom. The quantitative estimate of drug-likeness (QED) is 0.223. The maximum atomic E-state index is 13.2. The molecule has 0 atom stereocenters. The van der Waals surface area contributed by atoms with Crippen LogP contribution in [0.15, 0.2) is 42.5 Å². The van der Waals surface area contributed by atoms with Gasteiger partial charge in [0.05, 0.1) is 5.56 Å². The van der Waals surface area contributed by atoms with Crippen LogP contribution in [-0.4, -0.2) is 38.6 Å². The highest BCUT2D eigenvalue weighted by molar-refractivity contribution is 6.02. The molecule has 0 fully saturated rings. The molecule has 6 heteroatoms. The van der Waals surface area contributed by atoms with Crippen LogP contribution in [0.1, 0.15) is 99.0 Å². The molecule has 208 valence electrons. The summed E-state index contributed by atoms with van der Waals surface area (Å²) in [5.74, 6) is -0.107. The third-order valence-corrected chi connectivity index (χ3v) is 7.31. The lowest BCUT2D eigenvalue weighted by atomic mass is 9.98. The van der Waals surface area contributed by atoms with Gasteiger partial charge in [-0.15, -0.1) is 0 Å². The van der Waals surface area contributed by atoms with Gasteiger partial charge in [-0.25, -0.2) is 0 Å². The molecular weight excluding hydrogens is 474 g/mol. The maximum absolute atomic E-state index is 13.2. The van der Waals surface area contributed by atoms with Crippen LogP contribution in [0.4, 0.5) is 11.4 Å². The highest BCUT2D eigenvalue weighted by Gasteiger charge is 2.22. The van der Waals surface area contributed by atoms with E-state index in [-0.39, 0.29) is 11.8 Å². The lowest BCUT2D eigenvalue weighted by Crippen LogP contribution is -2.33. The molecule has 0 saturated heterocycles. The number of anilines is 2. The van der Waals surface area contributed by atoms with Crippen LogP contribution >= 0.6 is 0 Å². The molecule has 0 saturated carbocycles. The number of carbonyl (C=O) groups excluding carboxylic acids is 2. The number of nitrogens with zero attached hydrogens (tertiary/aromatic N) is 1. The summed E-state index contributed by atoms with van der Waals surface area (Å²) in [6, 6.07) is 14.2. The van der Waals surface area contributed by atoms with Crippen molar-refractivity contribution >= 4 is 23.2 Å². The zero-order chi connectivity index (χ0) is 27.0. The highest BCUT2D eigenvalue weighted by atomic mass is 16.5. The molecule has 0 unspecified atom stereocenters. The van der Waals surface area contributed by atoms with Gasteiger partial charge in [0.25, 0.3) is 5.91 Å². The molecule has 0 aromatic heterocycles.